The number of urea groups is 1. The number of methoxy groups -OCH3 is 2. The molecule has 7 heteroatoms. The molecule has 0 saturated carbocycles. The predicted molar refractivity (Wildman–Crippen MR) is 107 cm³/mol. The lowest BCUT2D eigenvalue weighted by Gasteiger charge is -2.11. The number of rotatable bonds is 8. The van der Waals surface area contributed by atoms with Crippen LogP contribution in [0.25, 0.3) is 5.69 Å². The lowest BCUT2D eigenvalue weighted by molar-refractivity contribution is 0.240. The lowest BCUT2D eigenvalue weighted by Crippen LogP contribution is -2.36. The maximum absolute atomic E-state index is 12.1. The van der Waals surface area contributed by atoms with E-state index in [4.69, 9.17) is 9.47 Å². The number of carbonyl (C=O) groups is 1. The zero-order chi connectivity index (χ0) is 19.8. The SMILES string of the molecule is COc1ccc(CCNC(=O)NCc2cccc(-n3cccn3)c2)cc1OC. The Morgan fingerprint density at radius 2 is 1.86 bits per heavy atom. The quantitative estimate of drug-likeness (QED) is 0.630. The summed E-state index contributed by atoms with van der Waals surface area (Å²) < 4.78 is 12.3. The van der Waals surface area contributed by atoms with Crippen LogP contribution < -0.4 is 20.1 Å². The molecule has 2 amide bonds. The number of hydrogen-bond acceptors (Lipinski definition) is 4. The number of hydrogen-bond donors (Lipinski definition) is 2. The van der Waals surface area contributed by atoms with E-state index >= 15 is 0 Å². The highest BCUT2D eigenvalue weighted by atomic mass is 16.5. The van der Waals surface area contributed by atoms with E-state index in [-0.39, 0.29) is 6.03 Å². The third kappa shape index (κ3) is 5.03. The summed E-state index contributed by atoms with van der Waals surface area (Å²) in [6, 6.07) is 15.3. The van der Waals surface area contributed by atoms with Crippen LogP contribution in [0.1, 0.15) is 11.1 Å². The van der Waals surface area contributed by atoms with Crippen LogP contribution in [0.15, 0.2) is 60.9 Å². The average Bonchev–Trinajstić information content (AvgIpc) is 3.27. The molecule has 0 fully saturated rings. The van der Waals surface area contributed by atoms with Crippen molar-refractivity contribution in [3.8, 4) is 17.2 Å². The summed E-state index contributed by atoms with van der Waals surface area (Å²) in [5.41, 5.74) is 3.02. The molecule has 0 radical (unpaired) electrons. The van der Waals surface area contributed by atoms with Crippen LogP contribution in [0.3, 0.4) is 0 Å². The fourth-order valence-corrected chi connectivity index (χ4v) is 2.83. The van der Waals surface area contributed by atoms with Gasteiger partial charge in [-0.1, -0.05) is 18.2 Å². The van der Waals surface area contributed by atoms with Gasteiger partial charge in [0.25, 0.3) is 0 Å². The average molecular weight is 380 g/mol. The van der Waals surface area contributed by atoms with Crippen molar-refractivity contribution in [1.82, 2.24) is 20.4 Å². The number of aromatic nitrogens is 2. The van der Waals surface area contributed by atoms with Gasteiger partial charge in [-0.15, -0.1) is 0 Å². The first kappa shape index (κ1) is 19.3. The number of benzene rings is 2. The number of ether oxygens (including phenoxy) is 2. The number of amides is 2. The molecule has 0 aliphatic carbocycles. The molecule has 1 aromatic heterocycles. The fourth-order valence-electron chi connectivity index (χ4n) is 2.83. The Morgan fingerprint density at radius 3 is 2.61 bits per heavy atom. The van der Waals surface area contributed by atoms with Gasteiger partial charge in [-0.25, -0.2) is 9.48 Å². The van der Waals surface area contributed by atoms with Crippen LogP contribution in [0.5, 0.6) is 11.5 Å². The summed E-state index contributed by atoms with van der Waals surface area (Å²) in [4.78, 5) is 12.1. The Hall–Kier alpha value is -3.48. The van der Waals surface area contributed by atoms with Crippen LogP contribution in [0.4, 0.5) is 4.79 Å². The van der Waals surface area contributed by atoms with E-state index in [0.29, 0.717) is 31.0 Å². The topological polar surface area (TPSA) is 77.4 Å². The highest BCUT2D eigenvalue weighted by Crippen LogP contribution is 2.27. The minimum Gasteiger partial charge on any atom is -0.493 e. The molecule has 0 bridgehead atoms. The van der Waals surface area contributed by atoms with Crippen molar-refractivity contribution >= 4 is 6.03 Å². The summed E-state index contributed by atoms with van der Waals surface area (Å²) in [5, 5.41) is 9.96. The Kier molecular flexibility index (Phi) is 6.51. The van der Waals surface area contributed by atoms with Crippen LogP contribution >= 0.6 is 0 Å². The Morgan fingerprint density at radius 1 is 1.00 bits per heavy atom. The molecule has 28 heavy (non-hydrogen) atoms. The van der Waals surface area contributed by atoms with E-state index in [0.717, 1.165) is 16.8 Å². The van der Waals surface area contributed by atoms with Crippen LogP contribution in [-0.4, -0.2) is 36.6 Å². The van der Waals surface area contributed by atoms with Crippen molar-refractivity contribution in [2.24, 2.45) is 0 Å². The predicted octanol–water partition coefficient (Wildman–Crippen LogP) is 2.93. The van der Waals surface area contributed by atoms with Crippen molar-refractivity contribution in [2.75, 3.05) is 20.8 Å². The van der Waals surface area contributed by atoms with Crippen LogP contribution in [0, 0.1) is 0 Å². The minimum atomic E-state index is -0.204. The molecule has 1 heterocycles. The summed E-state index contributed by atoms with van der Waals surface area (Å²) in [6.45, 7) is 0.964. The Bertz CT molecular complexity index is 910. The maximum Gasteiger partial charge on any atom is 0.315 e. The Balaban J connectivity index is 1.46. The van der Waals surface area contributed by atoms with E-state index in [1.807, 2.05) is 54.7 Å². The van der Waals surface area contributed by atoms with Crippen molar-refractivity contribution in [3.05, 3.63) is 72.1 Å². The molecular weight excluding hydrogens is 356 g/mol. The van der Waals surface area contributed by atoms with Gasteiger partial charge in [0.15, 0.2) is 11.5 Å². The zero-order valence-electron chi connectivity index (χ0n) is 16.0. The highest BCUT2D eigenvalue weighted by molar-refractivity contribution is 5.73. The van der Waals surface area contributed by atoms with Crippen molar-refractivity contribution < 1.29 is 14.3 Å². The molecular formula is C21H24N4O3. The lowest BCUT2D eigenvalue weighted by atomic mass is 10.1. The molecule has 0 spiro atoms. The van der Waals surface area contributed by atoms with E-state index in [1.165, 1.54) is 0 Å². The van der Waals surface area contributed by atoms with Gasteiger partial charge in [0.2, 0.25) is 0 Å². The van der Waals surface area contributed by atoms with Crippen molar-refractivity contribution in [1.29, 1.82) is 0 Å². The second-order valence-corrected chi connectivity index (χ2v) is 6.17. The molecule has 3 aromatic rings. The van der Waals surface area contributed by atoms with Crippen LogP contribution in [-0.2, 0) is 13.0 Å². The minimum absolute atomic E-state index is 0.204. The first-order valence-electron chi connectivity index (χ1n) is 9.01. The number of nitrogens with zero attached hydrogens (tertiary/aromatic N) is 2. The van der Waals surface area contributed by atoms with Gasteiger partial charge in [-0.05, 0) is 47.9 Å². The van der Waals surface area contributed by atoms with E-state index in [1.54, 1.807) is 25.1 Å². The third-order valence-electron chi connectivity index (χ3n) is 4.28. The monoisotopic (exact) mass is 380 g/mol. The molecule has 0 aliphatic rings. The maximum atomic E-state index is 12.1. The van der Waals surface area contributed by atoms with Gasteiger partial charge in [0.1, 0.15) is 0 Å². The van der Waals surface area contributed by atoms with Gasteiger partial charge in [0.05, 0.1) is 19.9 Å². The molecule has 7 nitrogen and oxygen atoms in total. The van der Waals surface area contributed by atoms with Gasteiger partial charge in [0, 0.05) is 25.5 Å². The molecule has 0 aliphatic heterocycles. The number of carbonyl (C=O) groups excluding carboxylic acids is 1. The molecule has 146 valence electrons. The molecule has 0 atom stereocenters. The highest BCUT2D eigenvalue weighted by Gasteiger charge is 2.06. The van der Waals surface area contributed by atoms with Crippen LogP contribution in [0.2, 0.25) is 0 Å². The largest absolute Gasteiger partial charge is 0.493 e. The third-order valence-corrected chi connectivity index (χ3v) is 4.28. The smallest absolute Gasteiger partial charge is 0.315 e. The van der Waals surface area contributed by atoms with E-state index in [2.05, 4.69) is 15.7 Å². The number of nitrogens with one attached hydrogen (secondary N) is 2. The summed E-state index contributed by atoms with van der Waals surface area (Å²) >= 11 is 0. The van der Waals surface area contributed by atoms with Crippen molar-refractivity contribution in [2.45, 2.75) is 13.0 Å². The second kappa shape index (κ2) is 9.45. The first-order chi connectivity index (χ1) is 13.7. The fraction of sp³-hybridized carbons (Fsp3) is 0.238. The second-order valence-electron chi connectivity index (χ2n) is 6.17. The van der Waals surface area contributed by atoms with Crippen molar-refractivity contribution in [3.63, 3.8) is 0 Å². The standard InChI is InChI=1S/C21H24N4O3/c1-27-19-8-7-16(14-20(19)28-2)9-11-22-21(26)23-15-17-5-3-6-18(13-17)25-12-4-10-24-25/h3-8,10,12-14H,9,11,15H2,1-2H3,(H2,22,23,26). The van der Waals surface area contributed by atoms with E-state index < -0.39 is 0 Å². The normalized spacial score (nSPS) is 10.4. The molecule has 0 unspecified atom stereocenters. The van der Waals surface area contributed by atoms with Gasteiger partial charge >= 0.3 is 6.03 Å². The van der Waals surface area contributed by atoms with Gasteiger partial charge in [-0.3, -0.25) is 0 Å². The summed E-state index contributed by atoms with van der Waals surface area (Å²) in [5.74, 6) is 1.37. The Labute approximate surface area is 164 Å². The summed E-state index contributed by atoms with van der Waals surface area (Å²) in [7, 11) is 3.21. The van der Waals surface area contributed by atoms with E-state index in [9.17, 15) is 4.79 Å². The summed E-state index contributed by atoms with van der Waals surface area (Å²) in [6.07, 6.45) is 4.31. The zero-order valence-corrected chi connectivity index (χ0v) is 16.0. The molecule has 3 rings (SSSR count). The molecule has 0 saturated heterocycles. The molecule has 2 N–H and O–H groups in total. The molecule has 2 aromatic carbocycles. The van der Waals surface area contributed by atoms with Gasteiger partial charge < -0.3 is 20.1 Å². The van der Waals surface area contributed by atoms with Gasteiger partial charge in [-0.2, -0.15) is 5.10 Å². The first-order valence-corrected chi connectivity index (χ1v) is 9.01.